The van der Waals surface area contributed by atoms with E-state index in [0.717, 1.165) is 46.8 Å². The van der Waals surface area contributed by atoms with Crippen molar-refractivity contribution in [2.75, 3.05) is 25.4 Å². The molecule has 2 saturated heterocycles. The number of rotatable bonds is 29. The zero-order valence-electron chi connectivity index (χ0n) is 41.1. The van der Waals surface area contributed by atoms with Crippen molar-refractivity contribution in [2.24, 2.45) is 17.6 Å². The second kappa shape index (κ2) is 27.1. The summed E-state index contributed by atoms with van der Waals surface area (Å²) in [4.78, 5) is 123. The van der Waals surface area contributed by atoms with E-state index in [-0.39, 0.29) is 62.0 Å². The summed E-state index contributed by atoms with van der Waals surface area (Å²) in [5.74, 6) is -5.16. The average molecular weight is 1030 g/mol. The molecule has 10 amide bonds. The van der Waals surface area contributed by atoms with Gasteiger partial charge in [-0.05, 0) is 67.7 Å². The molecule has 0 saturated carbocycles. The fraction of sp³-hybridized carbons (Fsp3) is 0.500. The standard InChI is InChI=1S/C50H68N12O10S/c1-28(2)19-29(22-42(64)62-72)47(68)58-38(21-31-24-54-35-14-6-4-12-33(31)35)49(70)59-37(20-30-23-53-34-13-5-3-11-32(30)34)48(69)56-25-43(65)55-26-44(66)57-36(46(51)67)15-9-10-18-52-41(63)17-8-7-16-40-45-39(27-73-40)60-50(71)61-45/h3-6,11-14,23-24,28-29,36-40,45,53-54,72H,7-10,15-22,25-27H2,1-2H3,(H2,51,67)(H,52,63)(H,55,65)(H,56,69)(H,57,66)(H,58,68)(H,59,70)(H,62,64)(H2,60,61,71)/t29?,36-,37-,38-,39-,40-,45-/m0/s1. The third kappa shape index (κ3) is 16.4. The Hall–Kier alpha value is -7.14. The molecule has 2 aromatic carbocycles. The van der Waals surface area contributed by atoms with Crippen molar-refractivity contribution in [1.29, 1.82) is 0 Å². The van der Waals surface area contributed by atoms with Crippen LogP contribution in [0.2, 0.25) is 0 Å². The van der Waals surface area contributed by atoms with Crippen LogP contribution in [0.15, 0.2) is 60.9 Å². The number of hydrogen-bond donors (Lipinski definition) is 13. The highest BCUT2D eigenvalue weighted by Gasteiger charge is 2.42. The number of fused-ring (bicyclic) bond motifs is 3. The number of primary amides is 1. The Morgan fingerprint density at radius 1 is 0.699 bits per heavy atom. The van der Waals surface area contributed by atoms with E-state index in [9.17, 15) is 48.4 Å². The number of amides is 10. The molecule has 22 nitrogen and oxygen atoms in total. The fourth-order valence-corrected chi connectivity index (χ4v) is 10.8. The first kappa shape index (κ1) is 55.2. The van der Waals surface area contributed by atoms with Crippen LogP contribution in [-0.4, -0.2) is 129 Å². The largest absolute Gasteiger partial charge is 0.368 e. The van der Waals surface area contributed by atoms with Gasteiger partial charge in [0.05, 0.1) is 25.2 Å². The van der Waals surface area contributed by atoms with Crippen LogP contribution < -0.4 is 53.7 Å². The smallest absolute Gasteiger partial charge is 0.315 e. The molecule has 14 N–H and O–H groups in total. The highest BCUT2D eigenvalue weighted by Crippen LogP contribution is 2.33. The van der Waals surface area contributed by atoms with Gasteiger partial charge in [0, 0.05) is 83.3 Å². The monoisotopic (exact) mass is 1030 g/mol. The predicted octanol–water partition coefficient (Wildman–Crippen LogP) is 1.18. The number of hydroxylamine groups is 1. The molecule has 2 aromatic heterocycles. The van der Waals surface area contributed by atoms with Gasteiger partial charge in [0.15, 0.2) is 0 Å². The summed E-state index contributed by atoms with van der Waals surface area (Å²) in [7, 11) is 0. The number of thioether (sulfide) groups is 1. The van der Waals surface area contributed by atoms with Crippen molar-refractivity contribution >= 4 is 86.9 Å². The zero-order valence-corrected chi connectivity index (χ0v) is 41.9. The molecule has 6 rings (SSSR count). The molecular weight excluding hydrogens is 961 g/mol. The van der Waals surface area contributed by atoms with E-state index < -0.39 is 78.5 Å². The molecule has 2 fully saturated rings. The molecule has 2 aliphatic heterocycles. The van der Waals surface area contributed by atoms with E-state index in [2.05, 4.69) is 52.5 Å². The van der Waals surface area contributed by atoms with Crippen LogP contribution in [0.25, 0.3) is 21.8 Å². The Morgan fingerprint density at radius 3 is 1.97 bits per heavy atom. The SMILES string of the molecule is CC(C)CC(CC(=O)NO)C(=O)N[C@@H](Cc1c[nH]c2ccccc12)C(=O)N[C@@H](Cc1c[nH]c2ccccc12)C(=O)NCC(=O)NCC(=O)N[C@@H](CCCCNC(=O)CCCC[C@@H]1SC[C@@H]2NC(=O)N[C@@H]21)C(N)=O. The minimum Gasteiger partial charge on any atom is -0.368 e. The number of carbonyl (C=O) groups is 9. The number of H-pyrrole nitrogens is 2. The number of benzene rings is 2. The van der Waals surface area contributed by atoms with Crippen molar-refractivity contribution in [2.45, 2.75) is 120 Å². The Labute approximate surface area is 426 Å². The number of hydrogen-bond acceptors (Lipinski definition) is 11. The molecule has 4 heterocycles. The maximum atomic E-state index is 14.4. The summed E-state index contributed by atoms with van der Waals surface area (Å²) < 4.78 is 0. The van der Waals surface area contributed by atoms with Gasteiger partial charge < -0.3 is 58.2 Å². The topological polar surface area (TPSA) is 340 Å². The van der Waals surface area contributed by atoms with Gasteiger partial charge in [0.1, 0.15) is 18.1 Å². The number of unbranched alkanes of at least 4 members (excludes halogenated alkanes) is 2. The molecule has 1 unspecified atom stereocenters. The predicted molar refractivity (Wildman–Crippen MR) is 273 cm³/mol. The maximum Gasteiger partial charge on any atom is 0.315 e. The van der Waals surface area contributed by atoms with Crippen LogP contribution in [0.3, 0.4) is 0 Å². The molecule has 73 heavy (non-hydrogen) atoms. The first-order valence-corrected chi connectivity index (χ1v) is 25.8. The maximum absolute atomic E-state index is 14.4. The molecule has 2 aliphatic rings. The van der Waals surface area contributed by atoms with Crippen molar-refractivity contribution in [3.8, 4) is 0 Å². The van der Waals surface area contributed by atoms with E-state index >= 15 is 0 Å². The number of nitrogens with one attached hydrogen (secondary N) is 11. The van der Waals surface area contributed by atoms with E-state index in [1.165, 1.54) is 0 Å². The average Bonchev–Trinajstić information content (AvgIpc) is 4.16. The molecule has 0 bridgehead atoms. The summed E-state index contributed by atoms with van der Waals surface area (Å²) >= 11 is 1.84. The lowest BCUT2D eigenvalue weighted by molar-refractivity contribution is -0.137. The molecule has 0 radical (unpaired) electrons. The molecule has 0 aliphatic carbocycles. The van der Waals surface area contributed by atoms with Gasteiger partial charge in [-0.1, -0.05) is 56.7 Å². The molecular formula is C50H68N12O10S. The first-order valence-electron chi connectivity index (χ1n) is 24.8. The van der Waals surface area contributed by atoms with E-state index in [1.807, 2.05) is 74.1 Å². The van der Waals surface area contributed by atoms with Crippen molar-refractivity contribution in [1.82, 2.24) is 58.0 Å². The summed E-state index contributed by atoms with van der Waals surface area (Å²) in [6, 6.07) is 11.4. The van der Waals surface area contributed by atoms with Crippen LogP contribution in [0.1, 0.15) is 82.8 Å². The van der Waals surface area contributed by atoms with E-state index in [0.29, 0.717) is 42.2 Å². The summed E-state index contributed by atoms with van der Waals surface area (Å²) in [6.07, 6.45) is 7.39. The van der Waals surface area contributed by atoms with Gasteiger partial charge in [-0.3, -0.25) is 43.6 Å². The first-order chi connectivity index (χ1) is 35.1. The van der Waals surface area contributed by atoms with Crippen molar-refractivity contribution in [3.63, 3.8) is 0 Å². The van der Waals surface area contributed by atoms with Crippen LogP contribution in [0.4, 0.5) is 4.79 Å². The summed E-state index contributed by atoms with van der Waals surface area (Å²) in [5, 5.41) is 33.0. The minimum absolute atomic E-state index is 0.00627. The van der Waals surface area contributed by atoms with Crippen LogP contribution in [0, 0.1) is 11.8 Å². The number of urea groups is 1. The highest BCUT2D eigenvalue weighted by molar-refractivity contribution is 8.00. The van der Waals surface area contributed by atoms with Crippen molar-refractivity contribution in [3.05, 3.63) is 72.1 Å². The third-order valence-electron chi connectivity index (χ3n) is 13.0. The van der Waals surface area contributed by atoms with Gasteiger partial charge in [0.2, 0.25) is 47.3 Å². The molecule has 394 valence electrons. The Kier molecular flexibility index (Phi) is 20.5. The lowest BCUT2D eigenvalue weighted by Gasteiger charge is -2.25. The van der Waals surface area contributed by atoms with Gasteiger partial charge in [0.25, 0.3) is 0 Å². The Morgan fingerprint density at radius 2 is 1.33 bits per heavy atom. The number of para-hydroxylation sites is 2. The van der Waals surface area contributed by atoms with E-state index in [4.69, 9.17) is 5.73 Å². The van der Waals surface area contributed by atoms with Gasteiger partial charge in [-0.15, -0.1) is 0 Å². The van der Waals surface area contributed by atoms with Gasteiger partial charge >= 0.3 is 6.03 Å². The van der Waals surface area contributed by atoms with Gasteiger partial charge in [-0.2, -0.15) is 11.8 Å². The molecule has 0 spiro atoms. The summed E-state index contributed by atoms with van der Waals surface area (Å²) in [6.45, 7) is 2.99. The Bertz CT molecular complexity index is 2600. The Balaban J connectivity index is 0.994. The molecule has 4 aromatic rings. The minimum atomic E-state index is -1.28. The van der Waals surface area contributed by atoms with Crippen LogP contribution in [-0.2, 0) is 51.2 Å². The highest BCUT2D eigenvalue weighted by atomic mass is 32.2. The number of carbonyl (C=O) groups excluding carboxylic acids is 9. The van der Waals surface area contributed by atoms with E-state index in [1.54, 1.807) is 17.9 Å². The number of aromatic amines is 2. The third-order valence-corrected chi connectivity index (χ3v) is 14.5. The lowest BCUT2D eigenvalue weighted by Crippen LogP contribution is -2.56. The molecule has 23 heteroatoms. The normalized spacial score (nSPS) is 17.6. The number of aromatic nitrogens is 2. The van der Waals surface area contributed by atoms with Crippen molar-refractivity contribution < 1.29 is 48.4 Å². The quantitative estimate of drug-likeness (QED) is 0.0159. The second-order valence-corrected chi connectivity index (χ2v) is 20.3. The van der Waals surface area contributed by atoms with Crippen LogP contribution in [0.5, 0.6) is 0 Å². The number of nitrogens with two attached hydrogens (primary N) is 1. The second-order valence-electron chi connectivity index (χ2n) is 19.0. The zero-order chi connectivity index (χ0) is 52.4. The lowest BCUT2D eigenvalue weighted by atomic mass is 9.92. The molecule has 7 atom stereocenters. The van der Waals surface area contributed by atoms with Gasteiger partial charge in [-0.25, -0.2) is 10.3 Å². The van der Waals surface area contributed by atoms with Crippen LogP contribution >= 0.6 is 11.8 Å². The fourth-order valence-electron chi connectivity index (χ4n) is 9.27. The summed E-state index contributed by atoms with van der Waals surface area (Å²) in [5.41, 5.74) is 10.1.